The Bertz CT molecular complexity index is 811. The fraction of sp³-hybridized carbons (Fsp3) is 0.375. The van der Waals surface area contributed by atoms with Gasteiger partial charge >= 0.3 is 0 Å². The van der Waals surface area contributed by atoms with Crippen LogP contribution >= 0.6 is 0 Å². The number of amides is 1. The number of fused-ring (bicyclic) bond motifs is 1. The number of benzene rings is 1. The molecule has 0 bridgehead atoms. The van der Waals surface area contributed by atoms with Crippen molar-refractivity contribution in [1.29, 1.82) is 0 Å². The summed E-state index contributed by atoms with van der Waals surface area (Å²) in [4.78, 5) is 27.7. The van der Waals surface area contributed by atoms with Gasteiger partial charge in [-0.3, -0.25) is 13.8 Å². The first kappa shape index (κ1) is 16.4. The van der Waals surface area contributed by atoms with Crippen molar-refractivity contribution in [1.82, 2.24) is 10.3 Å². The predicted molar refractivity (Wildman–Crippen MR) is 89.9 cm³/mol. The lowest BCUT2D eigenvalue weighted by atomic mass is 10.0. The van der Waals surface area contributed by atoms with Crippen LogP contribution in [-0.2, 0) is 10.8 Å². The van der Waals surface area contributed by atoms with Gasteiger partial charge in [0.25, 0.3) is 5.91 Å². The molecule has 6 heteroatoms. The van der Waals surface area contributed by atoms with E-state index in [9.17, 15) is 13.8 Å². The highest BCUT2D eigenvalue weighted by atomic mass is 32.2. The first-order valence-corrected chi connectivity index (χ1v) is 8.66. The molecule has 1 amide bonds. The lowest BCUT2D eigenvalue weighted by Crippen LogP contribution is -2.35. The minimum absolute atomic E-state index is 0.0755. The summed E-state index contributed by atoms with van der Waals surface area (Å²) in [7, 11) is -1.02. The van der Waals surface area contributed by atoms with Crippen LogP contribution < -0.4 is 10.7 Å². The fourth-order valence-corrected chi connectivity index (χ4v) is 2.63. The van der Waals surface area contributed by atoms with Gasteiger partial charge < -0.3 is 10.3 Å². The molecule has 2 aromatic rings. The Morgan fingerprint density at radius 3 is 2.68 bits per heavy atom. The average molecular weight is 320 g/mol. The van der Waals surface area contributed by atoms with E-state index >= 15 is 0 Å². The summed E-state index contributed by atoms with van der Waals surface area (Å²) in [6.45, 7) is 5.89. The predicted octanol–water partition coefficient (Wildman–Crippen LogP) is 1.64. The Labute approximate surface area is 131 Å². The molecule has 22 heavy (non-hydrogen) atoms. The van der Waals surface area contributed by atoms with Crippen molar-refractivity contribution in [2.45, 2.75) is 26.0 Å². The van der Waals surface area contributed by atoms with Crippen LogP contribution in [0, 0.1) is 13.8 Å². The summed E-state index contributed by atoms with van der Waals surface area (Å²) in [6.07, 6.45) is 3.03. The number of aryl methyl sites for hydroxylation is 2. The number of hydrogen-bond acceptors (Lipinski definition) is 3. The molecule has 0 aliphatic rings. The molecule has 0 fully saturated rings. The van der Waals surface area contributed by atoms with E-state index in [-0.39, 0.29) is 22.8 Å². The molecular formula is C16H20N2O3S. The van der Waals surface area contributed by atoms with Crippen molar-refractivity contribution in [2.75, 3.05) is 12.8 Å². The van der Waals surface area contributed by atoms with E-state index in [1.807, 2.05) is 19.9 Å². The number of rotatable bonds is 4. The molecule has 2 N–H and O–H groups in total. The van der Waals surface area contributed by atoms with Gasteiger partial charge in [-0.25, -0.2) is 0 Å². The molecule has 1 aromatic heterocycles. The highest BCUT2D eigenvalue weighted by Gasteiger charge is 2.15. The van der Waals surface area contributed by atoms with Crippen LogP contribution in [-0.4, -0.2) is 33.2 Å². The molecule has 2 rings (SSSR count). The minimum Gasteiger partial charge on any atom is -0.360 e. The normalized spacial score (nSPS) is 13.8. The van der Waals surface area contributed by atoms with Crippen molar-refractivity contribution < 1.29 is 9.00 Å². The molecule has 0 aliphatic carbocycles. The number of carbonyl (C=O) groups is 1. The Hall–Kier alpha value is -1.95. The largest absolute Gasteiger partial charge is 0.360 e. The van der Waals surface area contributed by atoms with E-state index in [0.717, 1.165) is 16.6 Å². The van der Waals surface area contributed by atoms with Crippen molar-refractivity contribution >= 4 is 27.6 Å². The molecule has 0 spiro atoms. The number of aromatic nitrogens is 1. The van der Waals surface area contributed by atoms with E-state index < -0.39 is 16.7 Å². The number of aromatic amines is 1. The molecule has 0 saturated heterocycles. The summed E-state index contributed by atoms with van der Waals surface area (Å²) >= 11 is 0. The van der Waals surface area contributed by atoms with Crippen LogP contribution in [0.25, 0.3) is 10.9 Å². The number of pyridine rings is 1. The van der Waals surface area contributed by atoms with Crippen molar-refractivity contribution in [3.05, 3.63) is 45.2 Å². The second-order valence-corrected chi connectivity index (χ2v) is 7.36. The fourth-order valence-electron chi connectivity index (χ4n) is 2.31. The number of carbonyl (C=O) groups excluding carboxylic acids is 1. The third kappa shape index (κ3) is 3.27. The lowest BCUT2D eigenvalue weighted by molar-refractivity contribution is 0.0953. The zero-order valence-corrected chi connectivity index (χ0v) is 14.0. The van der Waals surface area contributed by atoms with Gasteiger partial charge in [0, 0.05) is 40.4 Å². The molecule has 1 heterocycles. The zero-order valence-electron chi connectivity index (χ0n) is 13.1. The molecule has 0 aliphatic heterocycles. The number of nitrogens with one attached hydrogen (secondary N) is 2. The summed E-state index contributed by atoms with van der Waals surface area (Å²) in [5.41, 5.74) is 2.47. The van der Waals surface area contributed by atoms with Gasteiger partial charge in [-0.2, -0.15) is 0 Å². The molecule has 2 atom stereocenters. The maximum atomic E-state index is 12.5. The molecule has 118 valence electrons. The molecule has 1 aromatic carbocycles. The maximum absolute atomic E-state index is 12.5. The highest BCUT2D eigenvalue weighted by molar-refractivity contribution is 7.84. The Kier molecular flexibility index (Phi) is 4.81. The first-order valence-electron chi connectivity index (χ1n) is 7.04. The quantitative estimate of drug-likeness (QED) is 0.899. The Morgan fingerprint density at radius 1 is 1.36 bits per heavy atom. The molecule has 2 unspecified atom stereocenters. The average Bonchev–Trinajstić information content (AvgIpc) is 2.45. The smallest absolute Gasteiger partial charge is 0.256 e. The van der Waals surface area contributed by atoms with Crippen LogP contribution in [0.3, 0.4) is 0 Å². The summed E-state index contributed by atoms with van der Waals surface area (Å²) < 4.78 is 11.3. The Balaban J connectivity index is 2.36. The molecule has 0 radical (unpaired) electrons. The van der Waals surface area contributed by atoms with Crippen molar-refractivity contribution in [3.63, 3.8) is 0 Å². The maximum Gasteiger partial charge on any atom is 0.256 e. The standard InChI is InChI=1S/C16H20N2O3S/c1-9-5-10(2)14-12(6-9)15(19)13(8-17-14)16(20)18-7-11(3)22(4)21/h5-6,8,11H,7H2,1-4H3,(H,17,19)(H,18,20). The van der Waals surface area contributed by atoms with E-state index in [2.05, 4.69) is 10.3 Å². The molecule has 0 saturated carbocycles. The van der Waals surface area contributed by atoms with Crippen molar-refractivity contribution in [2.24, 2.45) is 0 Å². The first-order chi connectivity index (χ1) is 10.3. The van der Waals surface area contributed by atoms with Crippen LogP contribution in [0.5, 0.6) is 0 Å². The van der Waals surface area contributed by atoms with E-state index in [1.165, 1.54) is 6.20 Å². The third-order valence-electron chi connectivity index (χ3n) is 3.69. The van der Waals surface area contributed by atoms with Gasteiger partial charge in [0.1, 0.15) is 5.56 Å². The molecular weight excluding hydrogens is 300 g/mol. The zero-order chi connectivity index (χ0) is 16.4. The number of hydrogen-bond donors (Lipinski definition) is 2. The van der Waals surface area contributed by atoms with E-state index in [0.29, 0.717) is 5.39 Å². The van der Waals surface area contributed by atoms with Crippen LogP contribution in [0.4, 0.5) is 0 Å². The number of H-pyrrole nitrogens is 1. The summed E-state index contributed by atoms with van der Waals surface area (Å²) in [5, 5.41) is 3.01. The highest BCUT2D eigenvalue weighted by Crippen LogP contribution is 2.15. The van der Waals surface area contributed by atoms with Crippen LogP contribution in [0.15, 0.2) is 23.1 Å². The second-order valence-electron chi connectivity index (χ2n) is 5.56. The van der Waals surface area contributed by atoms with Gasteiger partial charge in [-0.15, -0.1) is 0 Å². The van der Waals surface area contributed by atoms with E-state index in [4.69, 9.17) is 0 Å². The van der Waals surface area contributed by atoms with Crippen molar-refractivity contribution in [3.8, 4) is 0 Å². The second kappa shape index (κ2) is 6.44. The Morgan fingerprint density at radius 2 is 2.05 bits per heavy atom. The lowest BCUT2D eigenvalue weighted by Gasteiger charge is -2.10. The third-order valence-corrected chi connectivity index (χ3v) is 4.99. The monoisotopic (exact) mass is 320 g/mol. The van der Waals surface area contributed by atoms with Gasteiger partial charge in [-0.05, 0) is 38.0 Å². The molecule has 5 nitrogen and oxygen atoms in total. The van der Waals surface area contributed by atoms with Gasteiger partial charge in [0.2, 0.25) is 5.43 Å². The van der Waals surface area contributed by atoms with Crippen LogP contribution in [0.2, 0.25) is 0 Å². The van der Waals surface area contributed by atoms with Gasteiger partial charge in [0.15, 0.2) is 0 Å². The van der Waals surface area contributed by atoms with Crippen LogP contribution in [0.1, 0.15) is 28.4 Å². The summed E-state index contributed by atoms with van der Waals surface area (Å²) in [5.74, 6) is -0.445. The van der Waals surface area contributed by atoms with Gasteiger partial charge in [0.05, 0.1) is 5.52 Å². The SMILES string of the molecule is Cc1cc(C)c2[nH]cc(C(=O)NCC(C)S(C)=O)c(=O)c2c1. The topological polar surface area (TPSA) is 79.0 Å². The summed E-state index contributed by atoms with van der Waals surface area (Å²) in [6, 6.07) is 3.76. The van der Waals surface area contributed by atoms with E-state index in [1.54, 1.807) is 19.2 Å². The minimum atomic E-state index is -1.02. The van der Waals surface area contributed by atoms with Gasteiger partial charge in [-0.1, -0.05) is 6.07 Å².